The van der Waals surface area contributed by atoms with E-state index in [1.54, 1.807) is 0 Å². The minimum absolute atomic E-state index is 0.111. The number of halogens is 3. The topological polar surface area (TPSA) is 9.23 Å². The Bertz CT molecular complexity index is 272. The molecule has 68 valence electrons. The van der Waals surface area contributed by atoms with E-state index in [0.29, 0.717) is 0 Å². The lowest BCUT2D eigenvalue weighted by Gasteiger charge is -2.13. The van der Waals surface area contributed by atoms with Gasteiger partial charge in [-0.3, -0.25) is 0 Å². The van der Waals surface area contributed by atoms with Gasteiger partial charge in [-0.2, -0.15) is 0 Å². The average Bonchev–Trinajstić information content (AvgIpc) is 2.03. The SMILES string of the molecule is COc1ccccc1S(F)(F)F. The second-order valence-electron chi connectivity index (χ2n) is 2.06. The Hall–Kier alpha value is -0.840. The molecule has 0 amide bonds. The zero-order valence-electron chi connectivity index (χ0n) is 6.26. The van der Waals surface area contributed by atoms with Crippen molar-refractivity contribution in [3.05, 3.63) is 24.3 Å². The van der Waals surface area contributed by atoms with Crippen molar-refractivity contribution in [2.24, 2.45) is 0 Å². The van der Waals surface area contributed by atoms with Gasteiger partial charge in [0.2, 0.25) is 11.2 Å². The fraction of sp³-hybridized carbons (Fsp3) is 0.143. The molecular weight excluding hydrogens is 189 g/mol. The fourth-order valence-electron chi connectivity index (χ4n) is 0.810. The molecule has 0 bridgehead atoms. The number of para-hydroxylation sites is 1. The minimum atomic E-state index is -5.17. The van der Waals surface area contributed by atoms with Crippen LogP contribution in [0.1, 0.15) is 0 Å². The third-order valence-corrected chi connectivity index (χ3v) is 2.15. The third-order valence-electron chi connectivity index (χ3n) is 1.32. The second kappa shape index (κ2) is 3.26. The summed E-state index contributed by atoms with van der Waals surface area (Å²) in [7, 11) is 1.23. The molecule has 1 rings (SSSR count). The van der Waals surface area contributed by atoms with Gasteiger partial charge in [-0.15, -0.1) is 11.7 Å². The first-order valence-corrected chi connectivity index (χ1v) is 4.44. The van der Waals surface area contributed by atoms with Gasteiger partial charge in [0.15, 0.2) is 0 Å². The largest absolute Gasteiger partial charge is 0.495 e. The van der Waals surface area contributed by atoms with Crippen LogP contribution in [0.4, 0.5) is 11.7 Å². The molecule has 0 fully saturated rings. The molecule has 0 atom stereocenters. The molecule has 0 unspecified atom stereocenters. The smallest absolute Gasteiger partial charge is 0.241 e. The second-order valence-corrected chi connectivity index (χ2v) is 3.31. The van der Waals surface area contributed by atoms with Crippen LogP contribution in [-0.2, 0) is 0 Å². The zero-order chi connectivity index (χ0) is 9.19. The van der Waals surface area contributed by atoms with Crippen molar-refractivity contribution >= 4 is 11.2 Å². The van der Waals surface area contributed by atoms with Gasteiger partial charge in [0.05, 0.1) is 7.11 Å². The van der Waals surface area contributed by atoms with Crippen LogP contribution in [0.3, 0.4) is 0 Å². The van der Waals surface area contributed by atoms with Gasteiger partial charge in [0, 0.05) is 0 Å². The Morgan fingerprint density at radius 1 is 1.17 bits per heavy atom. The van der Waals surface area contributed by atoms with Crippen LogP contribution in [0, 0.1) is 0 Å². The molecule has 1 aromatic carbocycles. The normalized spacial score (nSPS) is 12.7. The van der Waals surface area contributed by atoms with Gasteiger partial charge in [-0.25, -0.2) is 0 Å². The molecule has 0 saturated carbocycles. The maximum atomic E-state index is 12.2. The Labute approximate surface area is 70.4 Å². The van der Waals surface area contributed by atoms with E-state index < -0.39 is 16.1 Å². The van der Waals surface area contributed by atoms with Gasteiger partial charge < -0.3 is 4.74 Å². The van der Waals surface area contributed by atoms with Gasteiger partial charge in [0.25, 0.3) is 0 Å². The van der Waals surface area contributed by atoms with E-state index in [-0.39, 0.29) is 5.75 Å². The Morgan fingerprint density at radius 2 is 1.75 bits per heavy atom. The minimum Gasteiger partial charge on any atom is -0.495 e. The first-order valence-electron chi connectivity index (χ1n) is 3.11. The summed E-state index contributed by atoms with van der Waals surface area (Å²) < 4.78 is 41.3. The molecule has 0 aliphatic heterocycles. The highest BCUT2D eigenvalue weighted by Crippen LogP contribution is 2.63. The molecule has 0 aliphatic carbocycles. The Balaban J connectivity index is 3.14. The molecule has 0 radical (unpaired) electrons. The summed E-state index contributed by atoms with van der Waals surface area (Å²) in [4.78, 5) is -0.660. The molecule has 0 aliphatic rings. The van der Waals surface area contributed by atoms with Crippen molar-refractivity contribution in [1.29, 1.82) is 0 Å². The molecule has 1 aromatic rings. The molecule has 0 N–H and O–H groups in total. The van der Waals surface area contributed by atoms with E-state index in [2.05, 4.69) is 4.74 Å². The van der Waals surface area contributed by atoms with Gasteiger partial charge >= 0.3 is 0 Å². The lowest BCUT2D eigenvalue weighted by atomic mass is 10.3. The van der Waals surface area contributed by atoms with Crippen LogP contribution in [0.5, 0.6) is 5.75 Å². The van der Waals surface area contributed by atoms with Crippen LogP contribution < -0.4 is 4.74 Å². The van der Waals surface area contributed by atoms with Crippen LogP contribution in [0.15, 0.2) is 29.2 Å². The molecule has 0 aromatic heterocycles. The van der Waals surface area contributed by atoms with Crippen molar-refractivity contribution in [3.63, 3.8) is 0 Å². The van der Waals surface area contributed by atoms with E-state index in [1.807, 2.05) is 0 Å². The Morgan fingerprint density at radius 3 is 2.17 bits per heavy atom. The van der Waals surface area contributed by atoms with Crippen molar-refractivity contribution in [2.45, 2.75) is 4.90 Å². The average molecular weight is 196 g/mol. The molecule has 12 heavy (non-hydrogen) atoms. The number of rotatable bonds is 2. The van der Waals surface area contributed by atoms with E-state index in [4.69, 9.17) is 0 Å². The first-order chi connectivity index (χ1) is 5.55. The number of benzene rings is 1. The standard InChI is InChI=1S/C7H7F3OS/c1-11-6-4-2-3-5-7(6)12(8,9)10/h2-5H,1H3. The molecule has 0 heterocycles. The highest BCUT2D eigenvalue weighted by molar-refractivity contribution is 8.21. The van der Waals surface area contributed by atoms with Crippen LogP contribution in [0.2, 0.25) is 0 Å². The molecule has 0 spiro atoms. The summed E-state index contributed by atoms with van der Waals surface area (Å²) in [5.41, 5.74) is 0. The van der Waals surface area contributed by atoms with E-state index in [0.717, 1.165) is 6.07 Å². The summed E-state index contributed by atoms with van der Waals surface area (Å²) in [5, 5.41) is 0. The maximum Gasteiger partial charge on any atom is 0.241 e. The monoisotopic (exact) mass is 196 g/mol. The van der Waals surface area contributed by atoms with Crippen molar-refractivity contribution in [1.82, 2.24) is 0 Å². The highest BCUT2D eigenvalue weighted by atomic mass is 32.3. The molecular formula is C7H7F3OS. The maximum absolute atomic E-state index is 12.2. The fourth-order valence-corrected chi connectivity index (χ4v) is 1.42. The van der Waals surface area contributed by atoms with E-state index in [9.17, 15) is 11.7 Å². The third kappa shape index (κ3) is 1.85. The molecule has 0 saturated heterocycles. The predicted octanol–water partition coefficient (Wildman–Crippen LogP) is 3.51. The molecule has 1 nitrogen and oxygen atoms in total. The van der Waals surface area contributed by atoms with Crippen molar-refractivity contribution < 1.29 is 16.4 Å². The molecule has 5 heteroatoms. The number of hydrogen-bond donors (Lipinski definition) is 0. The van der Waals surface area contributed by atoms with Crippen molar-refractivity contribution in [2.75, 3.05) is 7.11 Å². The summed E-state index contributed by atoms with van der Waals surface area (Å²) in [5.74, 6) is -0.111. The number of ether oxygens (including phenoxy) is 1. The summed E-state index contributed by atoms with van der Waals surface area (Å²) in [6.07, 6.45) is 0. The van der Waals surface area contributed by atoms with Gasteiger partial charge in [-0.1, -0.05) is 12.1 Å². The van der Waals surface area contributed by atoms with Crippen LogP contribution in [-0.4, -0.2) is 7.11 Å². The van der Waals surface area contributed by atoms with Gasteiger partial charge in [-0.05, 0) is 12.1 Å². The quantitative estimate of drug-likeness (QED) is 0.703. The lowest BCUT2D eigenvalue weighted by molar-refractivity contribution is 0.401. The summed E-state index contributed by atoms with van der Waals surface area (Å²) in [6, 6.07) is 5.18. The predicted molar refractivity (Wildman–Crippen MR) is 42.2 cm³/mol. The zero-order valence-corrected chi connectivity index (χ0v) is 7.08. The lowest BCUT2D eigenvalue weighted by Crippen LogP contribution is -1.88. The van der Waals surface area contributed by atoms with E-state index >= 15 is 0 Å². The van der Waals surface area contributed by atoms with Crippen LogP contribution >= 0.6 is 11.2 Å². The van der Waals surface area contributed by atoms with Crippen molar-refractivity contribution in [3.8, 4) is 5.75 Å². The summed E-state index contributed by atoms with van der Waals surface area (Å²) >= 11 is -5.17. The van der Waals surface area contributed by atoms with Crippen LogP contribution in [0.25, 0.3) is 0 Å². The first kappa shape index (κ1) is 9.25. The highest BCUT2D eigenvalue weighted by Gasteiger charge is 2.27. The number of hydrogen-bond acceptors (Lipinski definition) is 1. The Kier molecular flexibility index (Phi) is 2.52. The van der Waals surface area contributed by atoms with Gasteiger partial charge in [0.1, 0.15) is 10.6 Å². The number of methoxy groups -OCH3 is 1. The van der Waals surface area contributed by atoms with E-state index in [1.165, 1.54) is 25.3 Å². The summed E-state index contributed by atoms with van der Waals surface area (Å²) in [6.45, 7) is 0.